The van der Waals surface area contributed by atoms with E-state index in [1.807, 2.05) is 6.07 Å². The molecule has 1 aromatic heterocycles. The van der Waals surface area contributed by atoms with Crippen molar-refractivity contribution in [3.8, 4) is 17.6 Å². The molecule has 3 nitrogen and oxygen atoms in total. The number of hydrogen-bond acceptors (Lipinski definition) is 3. The van der Waals surface area contributed by atoms with Crippen molar-refractivity contribution in [2.75, 3.05) is 0 Å². The zero-order valence-corrected chi connectivity index (χ0v) is 11.0. The summed E-state index contributed by atoms with van der Waals surface area (Å²) in [6, 6.07) is 8.21. The second-order valence-electron chi connectivity index (χ2n) is 3.54. The first-order valence-corrected chi connectivity index (χ1v) is 5.90. The predicted octanol–water partition coefficient (Wildman–Crippen LogP) is 3.96. The Morgan fingerprint density at radius 3 is 2.78 bits per heavy atom. The molecule has 0 saturated carbocycles. The fourth-order valence-corrected chi connectivity index (χ4v) is 1.81. The van der Waals surface area contributed by atoms with Crippen molar-refractivity contribution in [1.29, 1.82) is 5.26 Å². The molecular formula is C13H8BrFN2O. The summed E-state index contributed by atoms with van der Waals surface area (Å²) >= 11 is 3.03. The van der Waals surface area contributed by atoms with Gasteiger partial charge in [-0.3, -0.25) is 4.98 Å². The van der Waals surface area contributed by atoms with Gasteiger partial charge in [-0.1, -0.05) is 0 Å². The van der Waals surface area contributed by atoms with Gasteiger partial charge in [0.2, 0.25) is 0 Å². The van der Waals surface area contributed by atoms with Crippen LogP contribution >= 0.6 is 15.9 Å². The lowest BCUT2D eigenvalue weighted by Crippen LogP contribution is -1.94. The number of pyridine rings is 1. The summed E-state index contributed by atoms with van der Waals surface area (Å²) in [6.45, 7) is 1.77. The average molecular weight is 307 g/mol. The van der Waals surface area contributed by atoms with E-state index in [4.69, 9.17) is 10.00 Å². The van der Waals surface area contributed by atoms with Crippen molar-refractivity contribution in [3.63, 3.8) is 0 Å². The van der Waals surface area contributed by atoms with Gasteiger partial charge in [-0.2, -0.15) is 5.26 Å². The lowest BCUT2D eigenvalue weighted by atomic mass is 10.2. The number of aromatic nitrogens is 1. The van der Waals surface area contributed by atoms with Crippen molar-refractivity contribution >= 4 is 15.9 Å². The number of aryl methyl sites for hydroxylation is 1. The topological polar surface area (TPSA) is 45.9 Å². The quantitative estimate of drug-likeness (QED) is 0.843. The van der Waals surface area contributed by atoms with Crippen LogP contribution in [0.5, 0.6) is 11.5 Å². The molecule has 0 aliphatic heterocycles. The number of benzene rings is 1. The maximum absolute atomic E-state index is 13.9. The van der Waals surface area contributed by atoms with E-state index in [9.17, 15) is 4.39 Å². The normalized spacial score (nSPS) is 9.89. The highest BCUT2D eigenvalue weighted by atomic mass is 79.9. The Kier molecular flexibility index (Phi) is 3.58. The van der Waals surface area contributed by atoms with Gasteiger partial charge in [-0.15, -0.1) is 0 Å². The van der Waals surface area contributed by atoms with E-state index < -0.39 is 5.82 Å². The highest BCUT2D eigenvalue weighted by Crippen LogP contribution is 2.32. The lowest BCUT2D eigenvalue weighted by molar-refractivity contribution is 0.435. The number of ether oxygens (including phenoxy) is 1. The van der Waals surface area contributed by atoms with Crippen molar-refractivity contribution in [2.24, 2.45) is 0 Å². The standard InChI is InChI=1S/C13H8BrFN2O/c1-8-10(3-2-6-17-8)18-11-5-4-9(7-16)12(14)13(11)15/h2-6H,1H3. The van der Waals surface area contributed by atoms with Crippen LogP contribution in [0, 0.1) is 24.1 Å². The molecule has 0 spiro atoms. The van der Waals surface area contributed by atoms with Gasteiger partial charge in [-0.25, -0.2) is 4.39 Å². The Morgan fingerprint density at radius 2 is 2.11 bits per heavy atom. The Morgan fingerprint density at radius 1 is 1.33 bits per heavy atom. The first kappa shape index (κ1) is 12.5. The Labute approximate surface area is 112 Å². The van der Waals surface area contributed by atoms with Crippen molar-refractivity contribution in [3.05, 3.63) is 52.0 Å². The summed E-state index contributed by atoms with van der Waals surface area (Å²) in [5.74, 6) is -0.0673. The Bertz CT molecular complexity index is 637. The highest BCUT2D eigenvalue weighted by molar-refractivity contribution is 9.10. The molecule has 18 heavy (non-hydrogen) atoms. The zero-order chi connectivity index (χ0) is 13.1. The van der Waals surface area contributed by atoms with Crippen LogP contribution in [0.15, 0.2) is 34.9 Å². The third-order valence-corrected chi connectivity index (χ3v) is 3.12. The minimum Gasteiger partial charge on any atom is -0.452 e. The van der Waals surface area contributed by atoms with E-state index >= 15 is 0 Å². The maximum Gasteiger partial charge on any atom is 0.181 e. The summed E-state index contributed by atoms with van der Waals surface area (Å²) in [7, 11) is 0. The van der Waals surface area contributed by atoms with Crippen LogP contribution in [-0.4, -0.2) is 4.98 Å². The van der Waals surface area contributed by atoms with Gasteiger partial charge in [0.15, 0.2) is 11.6 Å². The molecule has 0 bridgehead atoms. The fourth-order valence-electron chi connectivity index (χ4n) is 1.39. The average Bonchev–Trinajstić information content (AvgIpc) is 2.38. The SMILES string of the molecule is Cc1ncccc1Oc1ccc(C#N)c(Br)c1F. The number of hydrogen-bond donors (Lipinski definition) is 0. The first-order valence-electron chi connectivity index (χ1n) is 5.11. The van der Waals surface area contributed by atoms with Gasteiger partial charge < -0.3 is 4.74 Å². The molecule has 0 unspecified atom stereocenters. The predicted molar refractivity (Wildman–Crippen MR) is 67.9 cm³/mol. The smallest absolute Gasteiger partial charge is 0.181 e. The number of halogens is 2. The van der Waals surface area contributed by atoms with E-state index in [2.05, 4.69) is 20.9 Å². The third-order valence-electron chi connectivity index (χ3n) is 2.35. The molecule has 2 rings (SSSR count). The van der Waals surface area contributed by atoms with Crippen molar-refractivity contribution < 1.29 is 9.13 Å². The molecule has 5 heteroatoms. The second kappa shape index (κ2) is 5.15. The minimum atomic E-state index is -0.600. The fraction of sp³-hybridized carbons (Fsp3) is 0.0769. The summed E-state index contributed by atoms with van der Waals surface area (Å²) in [6.07, 6.45) is 1.63. The molecule has 0 aliphatic rings. The molecule has 0 radical (unpaired) electrons. The van der Waals surface area contributed by atoms with E-state index in [0.717, 1.165) is 0 Å². The Hall–Kier alpha value is -1.93. The van der Waals surface area contributed by atoms with Crippen LogP contribution in [0.2, 0.25) is 0 Å². The van der Waals surface area contributed by atoms with E-state index in [1.54, 1.807) is 25.3 Å². The molecule has 0 N–H and O–H groups in total. The summed E-state index contributed by atoms with van der Waals surface area (Å²) in [5, 5.41) is 8.77. The molecule has 0 amide bonds. The molecule has 0 atom stereocenters. The van der Waals surface area contributed by atoms with Gasteiger partial charge in [0.1, 0.15) is 11.8 Å². The summed E-state index contributed by atoms with van der Waals surface area (Å²) in [5.41, 5.74) is 0.889. The van der Waals surface area contributed by atoms with Crippen LogP contribution in [0.3, 0.4) is 0 Å². The molecule has 0 aliphatic carbocycles. The molecule has 1 heterocycles. The lowest BCUT2D eigenvalue weighted by Gasteiger charge is -2.09. The van der Waals surface area contributed by atoms with Gasteiger partial charge in [-0.05, 0) is 47.1 Å². The summed E-state index contributed by atoms with van der Waals surface area (Å²) in [4.78, 5) is 4.05. The van der Waals surface area contributed by atoms with E-state index in [-0.39, 0.29) is 15.8 Å². The maximum atomic E-state index is 13.9. The molecule has 2 aromatic rings. The molecule has 0 fully saturated rings. The van der Waals surface area contributed by atoms with E-state index in [1.165, 1.54) is 12.1 Å². The third kappa shape index (κ3) is 2.34. The minimum absolute atomic E-state index is 0.0528. The molecule has 0 saturated heterocycles. The van der Waals surface area contributed by atoms with Gasteiger partial charge in [0.05, 0.1) is 15.7 Å². The van der Waals surface area contributed by atoms with Crippen molar-refractivity contribution in [1.82, 2.24) is 4.98 Å². The van der Waals surface area contributed by atoms with Crippen LogP contribution in [0.4, 0.5) is 4.39 Å². The van der Waals surface area contributed by atoms with Crippen molar-refractivity contribution in [2.45, 2.75) is 6.92 Å². The Balaban J connectivity index is 2.40. The molecular weight excluding hydrogens is 299 g/mol. The second-order valence-corrected chi connectivity index (χ2v) is 4.33. The number of nitriles is 1. The zero-order valence-electron chi connectivity index (χ0n) is 9.45. The van der Waals surface area contributed by atoms with Crippen LogP contribution in [0.1, 0.15) is 11.3 Å². The number of rotatable bonds is 2. The van der Waals surface area contributed by atoms with Gasteiger partial charge >= 0.3 is 0 Å². The first-order chi connectivity index (χ1) is 8.63. The summed E-state index contributed by atoms with van der Waals surface area (Å²) < 4.78 is 19.5. The molecule has 90 valence electrons. The van der Waals surface area contributed by atoms with Gasteiger partial charge in [0.25, 0.3) is 0 Å². The van der Waals surface area contributed by atoms with E-state index in [0.29, 0.717) is 11.4 Å². The van der Waals surface area contributed by atoms with Crippen LogP contribution < -0.4 is 4.74 Å². The monoisotopic (exact) mass is 306 g/mol. The highest BCUT2D eigenvalue weighted by Gasteiger charge is 2.13. The van der Waals surface area contributed by atoms with Gasteiger partial charge in [0, 0.05) is 6.20 Å². The largest absolute Gasteiger partial charge is 0.452 e. The van der Waals surface area contributed by atoms with Crippen LogP contribution in [0.25, 0.3) is 0 Å². The van der Waals surface area contributed by atoms with Crippen LogP contribution in [-0.2, 0) is 0 Å². The molecule has 1 aromatic carbocycles. The number of nitrogens with zero attached hydrogens (tertiary/aromatic N) is 2.